The molecule has 1 rings (SSSR count). The van der Waals surface area contributed by atoms with Crippen LogP contribution in [0.1, 0.15) is 19.8 Å². The van der Waals surface area contributed by atoms with Crippen LogP contribution < -0.4 is 0 Å². The van der Waals surface area contributed by atoms with Gasteiger partial charge in [0.15, 0.2) is 0 Å². The molecule has 3 heteroatoms. The van der Waals surface area contributed by atoms with Crippen molar-refractivity contribution < 1.29 is 4.74 Å². The van der Waals surface area contributed by atoms with Gasteiger partial charge < -0.3 is 14.5 Å². The molecular weight excluding hydrogens is 176 g/mol. The van der Waals surface area contributed by atoms with E-state index >= 15 is 0 Å². The number of likely N-dealkylation sites (N-methyl/N-ethyl adjacent to an activating group) is 2. The summed E-state index contributed by atoms with van der Waals surface area (Å²) in [5.41, 5.74) is 0. The fourth-order valence-electron chi connectivity index (χ4n) is 1.84. The molecule has 3 nitrogen and oxygen atoms in total. The zero-order valence-electron chi connectivity index (χ0n) is 9.83. The Hall–Kier alpha value is -0.120. The van der Waals surface area contributed by atoms with Crippen LogP contribution in [0.15, 0.2) is 0 Å². The highest BCUT2D eigenvalue weighted by molar-refractivity contribution is 4.72. The van der Waals surface area contributed by atoms with Crippen LogP contribution >= 0.6 is 0 Å². The van der Waals surface area contributed by atoms with Gasteiger partial charge in [0, 0.05) is 13.1 Å². The van der Waals surface area contributed by atoms with E-state index in [4.69, 9.17) is 4.74 Å². The van der Waals surface area contributed by atoms with Gasteiger partial charge >= 0.3 is 0 Å². The minimum atomic E-state index is 0.476. The van der Waals surface area contributed by atoms with Gasteiger partial charge in [0.1, 0.15) is 0 Å². The van der Waals surface area contributed by atoms with Crippen molar-refractivity contribution in [3.63, 3.8) is 0 Å². The highest BCUT2D eigenvalue weighted by atomic mass is 16.5. The molecule has 1 aliphatic heterocycles. The smallest absolute Gasteiger partial charge is 0.0703 e. The summed E-state index contributed by atoms with van der Waals surface area (Å²) in [5, 5.41) is 0. The van der Waals surface area contributed by atoms with Crippen LogP contribution in [0.5, 0.6) is 0 Å². The normalized spacial score (nSPS) is 24.4. The first-order chi connectivity index (χ1) is 6.72. The molecule has 1 unspecified atom stereocenters. The number of rotatable bonds is 5. The van der Waals surface area contributed by atoms with Gasteiger partial charge in [-0.1, -0.05) is 6.92 Å². The number of likely N-dealkylation sites (tertiary alicyclic amines) is 1. The van der Waals surface area contributed by atoms with Gasteiger partial charge in [-0.2, -0.15) is 0 Å². The van der Waals surface area contributed by atoms with Gasteiger partial charge in [-0.05, 0) is 40.0 Å². The van der Waals surface area contributed by atoms with E-state index < -0.39 is 0 Å². The monoisotopic (exact) mass is 200 g/mol. The summed E-state index contributed by atoms with van der Waals surface area (Å²) in [7, 11) is 4.17. The SMILES string of the molecule is CCN1CCCC(OCCN(C)C)C1. The molecule has 0 aliphatic carbocycles. The molecule has 0 N–H and O–H groups in total. The number of hydrogen-bond acceptors (Lipinski definition) is 3. The third kappa shape index (κ3) is 4.40. The van der Waals surface area contributed by atoms with Gasteiger partial charge in [-0.3, -0.25) is 0 Å². The number of piperidine rings is 1. The molecule has 0 radical (unpaired) electrons. The van der Waals surface area contributed by atoms with Gasteiger partial charge in [0.2, 0.25) is 0 Å². The minimum absolute atomic E-state index is 0.476. The van der Waals surface area contributed by atoms with E-state index in [1.54, 1.807) is 0 Å². The van der Waals surface area contributed by atoms with Crippen LogP contribution in [0.25, 0.3) is 0 Å². The second-order valence-corrected chi connectivity index (χ2v) is 4.33. The molecule has 1 aliphatic rings. The van der Waals surface area contributed by atoms with Crippen molar-refractivity contribution in [1.82, 2.24) is 9.80 Å². The molecule has 0 aromatic heterocycles. The topological polar surface area (TPSA) is 15.7 Å². The van der Waals surface area contributed by atoms with Crippen molar-refractivity contribution in [1.29, 1.82) is 0 Å². The molecule has 0 aromatic rings. The van der Waals surface area contributed by atoms with Crippen molar-refractivity contribution in [2.75, 3.05) is 46.9 Å². The lowest BCUT2D eigenvalue weighted by Crippen LogP contribution is -2.40. The summed E-state index contributed by atoms with van der Waals surface area (Å²) in [6.07, 6.45) is 3.01. The lowest BCUT2D eigenvalue weighted by molar-refractivity contribution is -0.00381. The van der Waals surface area contributed by atoms with Crippen molar-refractivity contribution in [2.45, 2.75) is 25.9 Å². The van der Waals surface area contributed by atoms with E-state index in [-0.39, 0.29) is 0 Å². The Morgan fingerprint density at radius 1 is 1.43 bits per heavy atom. The minimum Gasteiger partial charge on any atom is -0.376 e. The van der Waals surface area contributed by atoms with Crippen LogP contribution in [0.3, 0.4) is 0 Å². The fourth-order valence-corrected chi connectivity index (χ4v) is 1.84. The first-order valence-electron chi connectivity index (χ1n) is 5.71. The van der Waals surface area contributed by atoms with E-state index in [2.05, 4.69) is 30.8 Å². The molecule has 0 bridgehead atoms. The summed E-state index contributed by atoms with van der Waals surface area (Å²) in [5.74, 6) is 0. The Bertz CT molecular complexity index is 150. The Labute approximate surface area is 88.0 Å². The molecule has 0 amide bonds. The van der Waals surface area contributed by atoms with Crippen molar-refractivity contribution in [3.05, 3.63) is 0 Å². The molecule has 14 heavy (non-hydrogen) atoms. The predicted octanol–water partition coefficient (Wildman–Crippen LogP) is 1.05. The van der Waals surface area contributed by atoms with E-state index in [0.717, 1.165) is 26.2 Å². The lowest BCUT2D eigenvalue weighted by atomic mass is 10.1. The largest absolute Gasteiger partial charge is 0.376 e. The number of nitrogens with zero attached hydrogens (tertiary/aromatic N) is 2. The molecule has 1 fully saturated rings. The maximum absolute atomic E-state index is 5.84. The summed E-state index contributed by atoms with van der Waals surface area (Å²) in [6, 6.07) is 0. The molecular formula is C11H24N2O. The van der Waals surface area contributed by atoms with Crippen LogP contribution in [0.4, 0.5) is 0 Å². The summed E-state index contributed by atoms with van der Waals surface area (Å²) in [6.45, 7) is 7.67. The van der Waals surface area contributed by atoms with E-state index in [0.29, 0.717) is 6.10 Å². The number of hydrogen-bond donors (Lipinski definition) is 0. The zero-order valence-corrected chi connectivity index (χ0v) is 9.83. The van der Waals surface area contributed by atoms with Gasteiger partial charge in [0.25, 0.3) is 0 Å². The summed E-state index contributed by atoms with van der Waals surface area (Å²) < 4.78 is 5.84. The van der Waals surface area contributed by atoms with Crippen LogP contribution in [-0.4, -0.2) is 62.8 Å². The molecule has 84 valence electrons. The van der Waals surface area contributed by atoms with Gasteiger partial charge in [-0.15, -0.1) is 0 Å². The molecule has 0 spiro atoms. The second-order valence-electron chi connectivity index (χ2n) is 4.33. The molecule has 0 saturated carbocycles. The van der Waals surface area contributed by atoms with Crippen molar-refractivity contribution >= 4 is 0 Å². The zero-order chi connectivity index (χ0) is 10.4. The predicted molar refractivity (Wildman–Crippen MR) is 59.6 cm³/mol. The first kappa shape index (κ1) is 12.0. The average Bonchev–Trinajstić information content (AvgIpc) is 2.18. The van der Waals surface area contributed by atoms with Crippen molar-refractivity contribution in [2.24, 2.45) is 0 Å². The van der Waals surface area contributed by atoms with E-state index in [9.17, 15) is 0 Å². The van der Waals surface area contributed by atoms with E-state index in [1.165, 1.54) is 19.4 Å². The Kier molecular flexibility index (Phi) is 5.45. The number of ether oxygens (including phenoxy) is 1. The average molecular weight is 200 g/mol. The Morgan fingerprint density at radius 3 is 2.86 bits per heavy atom. The first-order valence-corrected chi connectivity index (χ1v) is 5.71. The Balaban J connectivity index is 2.11. The highest BCUT2D eigenvalue weighted by Crippen LogP contribution is 2.12. The quantitative estimate of drug-likeness (QED) is 0.660. The molecule has 0 aromatic carbocycles. The van der Waals surface area contributed by atoms with Crippen LogP contribution in [0, 0.1) is 0 Å². The molecule has 1 heterocycles. The lowest BCUT2D eigenvalue weighted by Gasteiger charge is -2.31. The standard InChI is InChI=1S/C11H24N2O/c1-4-13-7-5-6-11(10-13)14-9-8-12(2)3/h11H,4-10H2,1-3H3. The third-order valence-corrected chi connectivity index (χ3v) is 2.80. The third-order valence-electron chi connectivity index (χ3n) is 2.80. The van der Waals surface area contributed by atoms with Gasteiger partial charge in [-0.25, -0.2) is 0 Å². The van der Waals surface area contributed by atoms with Crippen molar-refractivity contribution in [3.8, 4) is 0 Å². The highest BCUT2D eigenvalue weighted by Gasteiger charge is 2.18. The Morgan fingerprint density at radius 2 is 2.21 bits per heavy atom. The van der Waals surface area contributed by atoms with E-state index in [1.807, 2.05) is 0 Å². The second kappa shape index (κ2) is 6.38. The maximum Gasteiger partial charge on any atom is 0.0703 e. The molecule has 1 atom stereocenters. The van der Waals surface area contributed by atoms with Crippen LogP contribution in [-0.2, 0) is 4.74 Å². The van der Waals surface area contributed by atoms with Gasteiger partial charge in [0.05, 0.1) is 12.7 Å². The maximum atomic E-state index is 5.84. The molecule has 1 saturated heterocycles. The van der Waals surface area contributed by atoms with Crippen LogP contribution in [0.2, 0.25) is 0 Å². The fraction of sp³-hybridized carbons (Fsp3) is 1.00. The summed E-state index contributed by atoms with van der Waals surface area (Å²) in [4.78, 5) is 4.64. The summed E-state index contributed by atoms with van der Waals surface area (Å²) >= 11 is 0.